The van der Waals surface area contributed by atoms with E-state index in [0.29, 0.717) is 0 Å². The van der Waals surface area contributed by atoms with Crippen LogP contribution in [0.3, 0.4) is 0 Å². The molecule has 0 bridgehead atoms. The van der Waals surface area contributed by atoms with Gasteiger partial charge in [-0.3, -0.25) is 0 Å². The molecule has 0 saturated carbocycles. The fourth-order valence-electron chi connectivity index (χ4n) is 0.977. The van der Waals surface area contributed by atoms with E-state index in [2.05, 4.69) is 20.9 Å². The van der Waals surface area contributed by atoms with Gasteiger partial charge in [0.25, 0.3) is 6.43 Å². The predicted molar refractivity (Wildman–Crippen MR) is 46.2 cm³/mol. The number of hydrogen-bond acceptors (Lipinski definition) is 2. The Balaban J connectivity index is 3.30. The summed E-state index contributed by atoms with van der Waals surface area (Å²) in [6.07, 6.45) is -3.22. The van der Waals surface area contributed by atoms with E-state index in [1.165, 1.54) is 0 Å². The minimum Gasteiger partial charge on any atom is -0.212 e. The topological polar surface area (TPSA) is 36.7 Å². The second-order valence-corrected chi connectivity index (χ2v) is 3.25. The lowest BCUT2D eigenvalue weighted by molar-refractivity contribution is 0.149. The maximum Gasteiger partial charge on any atom is 0.264 e. The standard InChI is InChI=1S/C8H4BrF3N2/c9-6-3-5(7(10)11)4(1-2-13)8(12)14-6/h3,7H,1H2. The van der Waals surface area contributed by atoms with Crippen molar-refractivity contribution in [3.8, 4) is 6.07 Å². The molecule has 6 heteroatoms. The van der Waals surface area contributed by atoms with Crippen molar-refractivity contribution in [1.82, 2.24) is 4.98 Å². The minimum atomic E-state index is -2.81. The lowest BCUT2D eigenvalue weighted by Crippen LogP contribution is -2.01. The van der Waals surface area contributed by atoms with Crippen molar-refractivity contribution in [1.29, 1.82) is 5.26 Å². The zero-order chi connectivity index (χ0) is 10.7. The molecular formula is C8H4BrF3N2. The van der Waals surface area contributed by atoms with Crippen LogP contribution in [0.1, 0.15) is 17.6 Å². The Bertz CT molecular complexity index is 387. The van der Waals surface area contributed by atoms with Crippen molar-refractivity contribution in [3.63, 3.8) is 0 Å². The first-order valence-electron chi connectivity index (χ1n) is 3.56. The Labute approximate surface area is 86.5 Å². The average molecular weight is 265 g/mol. The van der Waals surface area contributed by atoms with E-state index < -0.39 is 24.4 Å². The minimum absolute atomic E-state index is 0.00742. The Morgan fingerprint density at radius 1 is 1.57 bits per heavy atom. The first-order chi connectivity index (χ1) is 6.56. The van der Waals surface area contributed by atoms with Gasteiger partial charge >= 0.3 is 0 Å². The van der Waals surface area contributed by atoms with Crippen LogP contribution in [0.5, 0.6) is 0 Å². The van der Waals surface area contributed by atoms with Crippen molar-refractivity contribution < 1.29 is 13.2 Å². The Hall–Kier alpha value is -1.09. The number of rotatable bonds is 2. The van der Waals surface area contributed by atoms with Gasteiger partial charge in [-0.15, -0.1) is 0 Å². The number of halogens is 4. The van der Waals surface area contributed by atoms with E-state index in [1.807, 2.05) is 0 Å². The lowest BCUT2D eigenvalue weighted by atomic mass is 10.1. The van der Waals surface area contributed by atoms with Crippen LogP contribution in [0, 0.1) is 17.3 Å². The monoisotopic (exact) mass is 264 g/mol. The fourth-order valence-corrected chi connectivity index (χ4v) is 1.38. The summed E-state index contributed by atoms with van der Waals surface area (Å²) in [6.45, 7) is 0. The molecule has 0 unspecified atom stereocenters. The predicted octanol–water partition coefficient (Wildman–Crippen LogP) is 2.99. The molecule has 0 saturated heterocycles. The smallest absolute Gasteiger partial charge is 0.212 e. The molecule has 0 spiro atoms. The molecule has 1 aromatic heterocycles. The van der Waals surface area contributed by atoms with Crippen LogP contribution < -0.4 is 0 Å². The highest BCUT2D eigenvalue weighted by atomic mass is 79.9. The van der Waals surface area contributed by atoms with Crippen LogP contribution in [0.2, 0.25) is 0 Å². The molecule has 0 atom stereocenters. The Morgan fingerprint density at radius 3 is 2.71 bits per heavy atom. The Morgan fingerprint density at radius 2 is 2.21 bits per heavy atom. The van der Waals surface area contributed by atoms with Gasteiger partial charge in [0.2, 0.25) is 5.95 Å². The van der Waals surface area contributed by atoms with Gasteiger partial charge in [-0.1, -0.05) is 0 Å². The summed E-state index contributed by atoms with van der Waals surface area (Å²) in [5, 5.41) is 8.32. The van der Waals surface area contributed by atoms with Gasteiger partial charge < -0.3 is 0 Å². The summed E-state index contributed by atoms with van der Waals surface area (Å²) < 4.78 is 37.8. The van der Waals surface area contributed by atoms with E-state index >= 15 is 0 Å². The Kier molecular flexibility index (Phi) is 3.47. The van der Waals surface area contributed by atoms with Gasteiger partial charge in [0.15, 0.2) is 0 Å². The van der Waals surface area contributed by atoms with E-state index in [-0.39, 0.29) is 10.2 Å². The van der Waals surface area contributed by atoms with Crippen LogP contribution in [0.25, 0.3) is 0 Å². The van der Waals surface area contributed by atoms with Crippen LogP contribution in [0.4, 0.5) is 13.2 Å². The van der Waals surface area contributed by atoms with Crippen LogP contribution >= 0.6 is 15.9 Å². The highest BCUT2D eigenvalue weighted by Crippen LogP contribution is 2.26. The molecule has 2 nitrogen and oxygen atoms in total. The summed E-state index contributed by atoms with van der Waals surface area (Å²) in [5.41, 5.74) is -0.836. The van der Waals surface area contributed by atoms with Crippen molar-refractivity contribution in [2.24, 2.45) is 0 Å². The average Bonchev–Trinajstić information content (AvgIpc) is 2.09. The summed E-state index contributed by atoms with van der Waals surface area (Å²) in [7, 11) is 0. The molecule has 0 fully saturated rings. The van der Waals surface area contributed by atoms with Crippen LogP contribution in [-0.2, 0) is 6.42 Å². The molecule has 1 rings (SSSR count). The molecule has 0 aromatic carbocycles. The highest BCUT2D eigenvalue weighted by molar-refractivity contribution is 9.10. The second-order valence-electron chi connectivity index (χ2n) is 2.44. The first-order valence-corrected chi connectivity index (χ1v) is 4.35. The summed E-state index contributed by atoms with van der Waals surface area (Å²) in [4.78, 5) is 3.30. The van der Waals surface area contributed by atoms with Crippen molar-refractivity contribution >= 4 is 15.9 Å². The molecule has 0 radical (unpaired) electrons. The molecule has 74 valence electrons. The van der Waals surface area contributed by atoms with Gasteiger partial charge in [0.05, 0.1) is 12.5 Å². The maximum atomic E-state index is 13.0. The molecule has 0 aliphatic carbocycles. The molecule has 1 aromatic rings. The van der Waals surface area contributed by atoms with Gasteiger partial charge in [0, 0.05) is 11.1 Å². The zero-order valence-corrected chi connectivity index (χ0v) is 8.35. The third kappa shape index (κ3) is 2.23. The second kappa shape index (κ2) is 4.42. The zero-order valence-electron chi connectivity index (χ0n) is 6.77. The normalized spacial score (nSPS) is 10.3. The molecular weight excluding hydrogens is 261 g/mol. The quantitative estimate of drug-likeness (QED) is 0.771. The van der Waals surface area contributed by atoms with Crippen molar-refractivity contribution in [3.05, 3.63) is 27.7 Å². The summed E-state index contributed by atoms with van der Waals surface area (Å²) in [6, 6.07) is 2.63. The van der Waals surface area contributed by atoms with Gasteiger partial charge in [-0.2, -0.15) is 9.65 Å². The maximum absolute atomic E-state index is 13.0. The van der Waals surface area contributed by atoms with Gasteiger partial charge in [-0.25, -0.2) is 13.8 Å². The summed E-state index contributed by atoms with van der Waals surface area (Å²) >= 11 is 2.80. The van der Waals surface area contributed by atoms with E-state index in [0.717, 1.165) is 6.07 Å². The van der Waals surface area contributed by atoms with Crippen molar-refractivity contribution in [2.75, 3.05) is 0 Å². The first kappa shape index (κ1) is 11.0. The van der Waals surface area contributed by atoms with E-state index in [9.17, 15) is 13.2 Å². The molecule has 0 aliphatic heterocycles. The molecule has 0 aliphatic rings. The number of nitrogens with zero attached hydrogens (tertiary/aromatic N) is 2. The SMILES string of the molecule is N#CCc1c(C(F)F)cc(Br)nc1F. The summed E-state index contributed by atoms with van der Waals surface area (Å²) in [5.74, 6) is -1.03. The van der Waals surface area contributed by atoms with Gasteiger partial charge in [-0.05, 0) is 22.0 Å². The van der Waals surface area contributed by atoms with Crippen LogP contribution in [0.15, 0.2) is 10.7 Å². The molecule has 0 N–H and O–H groups in total. The third-order valence-electron chi connectivity index (χ3n) is 1.57. The number of nitriles is 1. The molecule has 0 amide bonds. The van der Waals surface area contributed by atoms with E-state index in [4.69, 9.17) is 5.26 Å². The lowest BCUT2D eigenvalue weighted by Gasteiger charge is -2.06. The number of aromatic nitrogens is 1. The van der Waals surface area contributed by atoms with Gasteiger partial charge in [0.1, 0.15) is 4.60 Å². The van der Waals surface area contributed by atoms with Crippen molar-refractivity contribution in [2.45, 2.75) is 12.8 Å². The number of pyridine rings is 1. The highest BCUT2D eigenvalue weighted by Gasteiger charge is 2.18. The largest absolute Gasteiger partial charge is 0.264 e. The number of hydrogen-bond donors (Lipinski definition) is 0. The third-order valence-corrected chi connectivity index (χ3v) is 1.97. The van der Waals surface area contributed by atoms with E-state index in [1.54, 1.807) is 6.07 Å². The molecule has 14 heavy (non-hydrogen) atoms. The molecule has 1 heterocycles. The number of alkyl halides is 2. The van der Waals surface area contributed by atoms with Crippen LogP contribution in [-0.4, -0.2) is 4.98 Å². The fraction of sp³-hybridized carbons (Fsp3) is 0.250.